The van der Waals surface area contributed by atoms with E-state index in [1.807, 2.05) is 47.4 Å². The van der Waals surface area contributed by atoms with Crippen LogP contribution in [0.3, 0.4) is 0 Å². The van der Waals surface area contributed by atoms with Crippen LogP contribution in [0.2, 0.25) is 0 Å². The molecule has 2 aromatic heterocycles. The first-order valence-electron chi connectivity index (χ1n) is 12.0. The van der Waals surface area contributed by atoms with Gasteiger partial charge in [0, 0.05) is 44.5 Å². The zero-order chi connectivity index (χ0) is 24.0. The molecular formula is C25H30N6O3S. The van der Waals surface area contributed by atoms with E-state index in [0.29, 0.717) is 25.4 Å². The van der Waals surface area contributed by atoms with E-state index in [1.54, 1.807) is 13.3 Å². The van der Waals surface area contributed by atoms with Crippen molar-refractivity contribution in [2.45, 2.75) is 30.6 Å². The number of benzene rings is 1. The second kappa shape index (κ2) is 11.1. The number of thioether (sulfide) groups is 1. The zero-order valence-corrected chi connectivity index (χ0v) is 20.7. The lowest BCUT2D eigenvalue weighted by atomic mass is 10.2. The molecule has 4 heterocycles. The van der Waals surface area contributed by atoms with Crippen LogP contribution in [0.1, 0.15) is 12.8 Å². The number of rotatable bonds is 8. The number of anilines is 1. The topological polar surface area (TPSA) is 85.6 Å². The standard InChI is InChI=1S/C25H30N6O3S/c1-33-20-9-7-19(8-10-20)24-27-28-25(31(24)17-21-5-4-16-34-21)35-18-23(32)30-14-12-29(13-15-30)22-6-2-3-11-26-22/h2-3,6-11,21H,4-5,12-18H2,1H3/t21-/m0/s1. The van der Waals surface area contributed by atoms with Crippen LogP contribution < -0.4 is 9.64 Å². The molecule has 0 spiro atoms. The van der Waals surface area contributed by atoms with E-state index in [0.717, 1.165) is 60.6 Å². The number of hydrogen-bond acceptors (Lipinski definition) is 8. The van der Waals surface area contributed by atoms with Crippen molar-refractivity contribution in [3.63, 3.8) is 0 Å². The van der Waals surface area contributed by atoms with Gasteiger partial charge in [-0.3, -0.25) is 9.36 Å². The molecule has 1 atom stereocenters. The van der Waals surface area contributed by atoms with Crippen molar-refractivity contribution in [1.29, 1.82) is 0 Å². The van der Waals surface area contributed by atoms with Crippen LogP contribution in [0.25, 0.3) is 11.4 Å². The Morgan fingerprint density at radius 1 is 1.11 bits per heavy atom. The number of methoxy groups -OCH3 is 1. The summed E-state index contributed by atoms with van der Waals surface area (Å²) in [5, 5.41) is 9.67. The van der Waals surface area contributed by atoms with E-state index < -0.39 is 0 Å². The van der Waals surface area contributed by atoms with Gasteiger partial charge in [0.15, 0.2) is 11.0 Å². The first-order chi connectivity index (χ1) is 17.2. The van der Waals surface area contributed by atoms with E-state index in [9.17, 15) is 4.79 Å². The lowest BCUT2D eigenvalue weighted by Gasteiger charge is -2.35. The van der Waals surface area contributed by atoms with E-state index in [4.69, 9.17) is 9.47 Å². The molecule has 2 saturated heterocycles. The molecule has 2 aliphatic rings. The Bertz CT molecular complexity index is 1110. The van der Waals surface area contributed by atoms with Crippen molar-refractivity contribution in [2.75, 3.05) is 50.5 Å². The number of amides is 1. The fraction of sp³-hybridized carbons (Fsp3) is 0.440. The van der Waals surface area contributed by atoms with Gasteiger partial charge in [-0.1, -0.05) is 17.8 Å². The summed E-state index contributed by atoms with van der Waals surface area (Å²) in [7, 11) is 1.65. The Morgan fingerprint density at radius 3 is 2.63 bits per heavy atom. The van der Waals surface area contributed by atoms with Gasteiger partial charge in [-0.05, 0) is 49.2 Å². The predicted octanol–water partition coefficient (Wildman–Crippen LogP) is 2.97. The second-order valence-electron chi connectivity index (χ2n) is 8.62. The van der Waals surface area contributed by atoms with Crippen molar-refractivity contribution < 1.29 is 14.3 Å². The number of hydrogen-bond donors (Lipinski definition) is 0. The molecule has 9 nitrogen and oxygen atoms in total. The number of pyridine rings is 1. The minimum absolute atomic E-state index is 0.119. The highest BCUT2D eigenvalue weighted by atomic mass is 32.2. The molecule has 5 rings (SSSR count). The van der Waals surface area contributed by atoms with Crippen molar-refractivity contribution in [1.82, 2.24) is 24.6 Å². The maximum atomic E-state index is 13.0. The van der Waals surface area contributed by atoms with Gasteiger partial charge in [0.2, 0.25) is 5.91 Å². The SMILES string of the molecule is COc1ccc(-c2nnc(SCC(=O)N3CCN(c4ccccn4)CC3)n2C[C@@H]2CCCO2)cc1. The summed E-state index contributed by atoms with van der Waals surface area (Å²) in [4.78, 5) is 21.6. The Hall–Kier alpha value is -3.11. The quantitative estimate of drug-likeness (QED) is 0.442. The van der Waals surface area contributed by atoms with Crippen molar-refractivity contribution in [3.8, 4) is 17.1 Å². The minimum atomic E-state index is 0.119. The van der Waals surface area contributed by atoms with Crippen molar-refractivity contribution in [3.05, 3.63) is 48.7 Å². The lowest BCUT2D eigenvalue weighted by molar-refractivity contribution is -0.128. The Morgan fingerprint density at radius 2 is 1.94 bits per heavy atom. The normalized spacial score (nSPS) is 18.1. The number of ether oxygens (including phenoxy) is 2. The van der Waals surface area contributed by atoms with E-state index in [1.165, 1.54) is 11.8 Å². The van der Waals surface area contributed by atoms with E-state index in [2.05, 4.69) is 24.6 Å². The summed E-state index contributed by atoms with van der Waals surface area (Å²) in [6.45, 7) is 4.41. The molecule has 0 N–H and O–H groups in total. The lowest BCUT2D eigenvalue weighted by Crippen LogP contribution is -2.49. The van der Waals surface area contributed by atoms with Gasteiger partial charge < -0.3 is 19.3 Å². The van der Waals surface area contributed by atoms with Gasteiger partial charge in [-0.15, -0.1) is 10.2 Å². The Balaban J connectivity index is 1.24. The van der Waals surface area contributed by atoms with Crippen LogP contribution in [-0.2, 0) is 16.1 Å². The van der Waals surface area contributed by atoms with Crippen LogP contribution >= 0.6 is 11.8 Å². The number of nitrogens with zero attached hydrogens (tertiary/aromatic N) is 6. The molecule has 0 unspecified atom stereocenters. The monoisotopic (exact) mass is 494 g/mol. The molecule has 2 aliphatic heterocycles. The summed E-state index contributed by atoms with van der Waals surface area (Å²) in [5.41, 5.74) is 0.958. The van der Waals surface area contributed by atoms with Gasteiger partial charge in [0.25, 0.3) is 0 Å². The van der Waals surface area contributed by atoms with E-state index >= 15 is 0 Å². The Kier molecular flexibility index (Phi) is 7.48. The van der Waals surface area contributed by atoms with Gasteiger partial charge in [-0.2, -0.15) is 0 Å². The molecule has 184 valence electrons. The smallest absolute Gasteiger partial charge is 0.233 e. The van der Waals surface area contributed by atoms with Gasteiger partial charge in [-0.25, -0.2) is 4.98 Å². The molecule has 0 bridgehead atoms. The molecule has 2 fully saturated rings. The van der Waals surface area contributed by atoms with Crippen LogP contribution in [0.4, 0.5) is 5.82 Å². The third-order valence-electron chi connectivity index (χ3n) is 6.41. The molecule has 0 saturated carbocycles. The first-order valence-corrected chi connectivity index (χ1v) is 13.0. The van der Waals surface area contributed by atoms with Crippen LogP contribution in [0.5, 0.6) is 5.75 Å². The third-order valence-corrected chi connectivity index (χ3v) is 7.36. The average molecular weight is 495 g/mol. The second-order valence-corrected chi connectivity index (χ2v) is 9.57. The van der Waals surface area contributed by atoms with Crippen molar-refractivity contribution in [2.24, 2.45) is 0 Å². The summed E-state index contributed by atoms with van der Waals surface area (Å²) < 4.78 is 13.3. The highest BCUT2D eigenvalue weighted by Gasteiger charge is 2.25. The fourth-order valence-electron chi connectivity index (χ4n) is 4.45. The molecule has 1 amide bonds. The molecule has 1 aromatic carbocycles. The molecule has 3 aromatic rings. The van der Waals surface area contributed by atoms with Crippen LogP contribution in [-0.4, -0.2) is 82.3 Å². The molecule has 35 heavy (non-hydrogen) atoms. The van der Waals surface area contributed by atoms with Gasteiger partial charge in [0.1, 0.15) is 11.6 Å². The van der Waals surface area contributed by atoms with Gasteiger partial charge in [0.05, 0.1) is 25.5 Å². The summed E-state index contributed by atoms with van der Waals surface area (Å²) in [5.74, 6) is 2.98. The van der Waals surface area contributed by atoms with Crippen LogP contribution in [0, 0.1) is 0 Å². The Labute approximate surface area is 209 Å². The maximum absolute atomic E-state index is 13.0. The van der Waals surface area contributed by atoms with Crippen molar-refractivity contribution >= 4 is 23.5 Å². The highest BCUT2D eigenvalue weighted by Crippen LogP contribution is 2.28. The number of aromatic nitrogens is 4. The minimum Gasteiger partial charge on any atom is -0.497 e. The third kappa shape index (κ3) is 5.59. The maximum Gasteiger partial charge on any atom is 0.233 e. The number of carbonyl (C=O) groups is 1. The fourth-order valence-corrected chi connectivity index (χ4v) is 5.30. The van der Waals surface area contributed by atoms with E-state index in [-0.39, 0.29) is 12.0 Å². The summed E-state index contributed by atoms with van der Waals surface area (Å²) >= 11 is 1.44. The van der Waals surface area contributed by atoms with Gasteiger partial charge >= 0.3 is 0 Å². The molecule has 0 aliphatic carbocycles. The van der Waals surface area contributed by atoms with Crippen LogP contribution in [0.15, 0.2) is 53.8 Å². The zero-order valence-electron chi connectivity index (χ0n) is 19.9. The molecular weight excluding hydrogens is 464 g/mol. The number of carbonyl (C=O) groups excluding carboxylic acids is 1. The largest absolute Gasteiger partial charge is 0.497 e. The highest BCUT2D eigenvalue weighted by molar-refractivity contribution is 7.99. The summed E-state index contributed by atoms with van der Waals surface area (Å²) in [6, 6.07) is 13.7. The average Bonchev–Trinajstić information content (AvgIpc) is 3.58. The first kappa shape index (κ1) is 23.6. The molecule has 10 heteroatoms. The molecule has 0 radical (unpaired) electrons. The number of piperazine rings is 1. The predicted molar refractivity (Wildman–Crippen MR) is 135 cm³/mol. The summed E-state index contributed by atoms with van der Waals surface area (Å²) in [6.07, 6.45) is 4.02.